The topological polar surface area (TPSA) is 92.3 Å². The van der Waals surface area contributed by atoms with Gasteiger partial charge in [0, 0.05) is 6.08 Å². The number of hydrogen-bond acceptors (Lipinski definition) is 8. The molecule has 3 heterocycles. The molecule has 0 saturated heterocycles. The molecule has 3 aromatic rings. The van der Waals surface area contributed by atoms with Crippen LogP contribution in [-0.2, 0) is 9.53 Å². The Balaban J connectivity index is 1.95. The largest absolute Gasteiger partial charge is 0.490 e. The molecule has 0 bridgehead atoms. The van der Waals surface area contributed by atoms with Gasteiger partial charge in [0.05, 0.1) is 47.9 Å². The predicted octanol–water partition coefficient (Wildman–Crippen LogP) is 3.19. The second-order valence-corrected chi connectivity index (χ2v) is 8.40. The predicted molar refractivity (Wildman–Crippen MR) is 128 cm³/mol. The number of ether oxygens (including phenoxy) is 3. The lowest BCUT2D eigenvalue weighted by atomic mass is 9.95. The van der Waals surface area contributed by atoms with E-state index < -0.39 is 12.0 Å². The summed E-state index contributed by atoms with van der Waals surface area (Å²) < 4.78 is 24.2. The highest BCUT2D eigenvalue weighted by Gasteiger charge is 2.34. The number of fused-ring (bicyclic) bond motifs is 1. The Kier molecular flexibility index (Phi) is 7.02. The molecule has 1 aliphatic rings. The molecule has 1 aromatic carbocycles. The van der Waals surface area contributed by atoms with Crippen molar-refractivity contribution in [2.75, 3.05) is 19.8 Å². The average molecular weight is 483 g/mol. The summed E-state index contributed by atoms with van der Waals surface area (Å²) in [6, 6.07) is 8.22. The number of furan rings is 1. The first-order chi connectivity index (χ1) is 16.5. The van der Waals surface area contributed by atoms with Crippen LogP contribution in [0.2, 0.25) is 0 Å². The number of benzene rings is 1. The molecule has 178 valence electrons. The number of carbonyl (C=O) groups is 1. The Labute approximate surface area is 200 Å². The number of allylic oxidation sites excluding steroid dienone is 1. The molecule has 0 aliphatic carbocycles. The fourth-order valence-electron chi connectivity index (χ4n) is 3.85. The minimum absolute atomic E-state index is 0.207. The summed E-state index contributed by atoms with van der Waals surface area (Å²) in [6.07, 6.45) is 3.22. The molecule has 0 amide bonds. The highest BCUT2D eigenvalue weighted by molar-refractivity contribution is 7.07. The summed E-state index contributed by atoms with van der Waals surface area (Å²) in [5, 5.41) is 0. The minimum atomic E-state index is -0.732. The zero-order chi connectivity index (χ0) is 24.2. The number of rotatable bonds is 8. The molecule has 2 aromatic heterocycles. The van der Waals surface area contributed by atoms with Crippen LogP contribution in [-0.4, -0.2) is 30.4 Å². The van der Waals surface area contributed by atoms with Crippen LogP contribution in [0.25, 0.3) is 6.08 Å². The van der Waals surface area contributed by atoms with E-state index in [2.05, 4.69) is 4.99 Å². The van der Waals surface area contributed by atoms with Crippen molar-refractivity contribution in [2.24, 2.45) is 4.99 Å². The minimum Gasteiger partial charge on any atom is -0.490 e. The van der Waals surface area contributed by atoms with Crippen LogP contribution < -0.4 is 24.4 Å². The standard InChI is InChI=1S/C25H26N2O6S/c1-5-30-18-11-10-16(13-19(18)31-6-2)22-21(24(29)32-7-3)15(4)26-25-27(22)23(28)20(34-25)14-17-9-8-12-33-17/h8-14,22H,5-7H2,1-4H3/b20-14-. The number of nitrogens with zero attached hydrogens (tertiary/aromatic N) is 2. The molecule has 0 radical (unpaired) electrons. The van der Waals surface area contributed by atoms with E-state index in [0.29, 0.717) is 56.6 Å². The van der Waals surface area contributed by atoms with Crippen molar-refractivity contribution < 1.29 is 23.4 Å². The van der Waals surface area contributed by atoms with Crippen LogP contribution in [0.5, 0.6) is 11.5 Å². The molecule has 1 aliphatic heterocycles. The molecular weight excluding hydrogens is 456 g/mol. The van der Waals surface area contributed by atoms with Gasteiger partial charge in [-0.2, -0.15) is 0 Å². The summed E-state index contributed by atoms with van der Waals surface area (Å²) in [7, 11) is 0. The lowest BCUT2D eigenvalue weighted by Crippen LogP contribution is -2.40. The SMILES string of the molecule is CCOC(=O)C1=C(C)N=c2s/c(=C\c3ccco3)c(=O)n2C1c1ccc(OCC)c(OCC)c1. The fourth-order valence-corrected chi connectivity index (χ4v) is 4.87. The zero-order valence-electron chi connectivity index (χ0n) is 19.5. The van der Waals surface area contributed by atoms with E-state index in [9.17, 15) is 9.59 Å². The normalized spacial score (nSPS) is 15.6. The third kappa shape index (κ3) is 4.43. The van der Waals surface area contributed by atoms with Gasteiger partial charge in [0.15, 0.2) is 16.3 Å². The first-order valence-corrected chi connectivity index (χ1v) is 11.9. The lowest BCUT2D eigenvalue weighted by molar-refractivity contribution is -0.139. The average Bonchev–Trinajstić information content (AvgIpc) is 3.43. The van der Waals surface area contributed by atoms with Crippen molar-refractivity contribution in [3.8, 4) is 11.5 Å². The summed E-state index contributed by atoms with van der Waals surface area (Å²) in [5.41, 5.74) is 1.23. The first-order valence-electron chi connectivity index (χ1n) is 11.1. The third-order valence-electron chi connectivity index (χ3n) is 5.22. The molecule has 34 heavy (non-hydrogen) atoms. The number of esters is 1. The van der Waals surface area contributed by atoms with Gasteiger partial charge in [-0.05, 0) is 57.5 Å². The molecule has 0 spiro atoms. The van der Waals surface area contributed by atoms with E-state index in [-0.39, 0.29) is 12.2 Å². The van der Waals surface area contributed by atoms with Crippen LogP contribution in [0, 0.1) is 0 Å². The van der Waals surface area contributed by atoms with Gasteiger partial charge in [-0.15, -0.1) is 0 Å². The Morgan fingerprint density at radius 3 is 2.59 bits per heavy atom. The molecule has 1 unspecified atom stereocenters. The summed E-state index contributed by atoms with van der Waals surface area (Å²) >= 11 is 1.24. The van der Waals surface area contributed by atoms with Crippen LogP contribution in [0.4, 0.5) is 0 Å². The maximum Gasteiger partial charge on any atom is 0.338 e. The molecule has 4 rings (SSSR count). The molecule has 8 nitrogen and oxygen atoms in total. The van der Waals surface area contributed by atoms with Gasteiger partial charge in [-0.3, -0.25) is 9.36 Å². The van der Waals surface area contributed by atoms with Gasteiger partial charge in [0.1, 0.15) is 5.76 Å². The van der Waals surface area contributed by atoms with E-state index >= 15 is 0 Å². The maximum atomic E-state index is 13.5. The van der Waals surface area contributed by atoms with Crippen molar-refractivity contribution in [1.82, 2.24) is 4.57 Å². The van der Waals surface area contributed by atoms with Crippen LogP contribution in [0.1, 0.15) is 45.1 Å². The zero-order valence-corrected chi connectivity index (χ0v) is 20.3. The lowest BCUT2D eigenvalue weighted by Gasteiger charge is -2.25. The Morgan fingerprint density at radius 2 is 1.91 bits per heavy atom. The first kappa shape index (κ1) is 23.6. The van der Waals surface area contributed by atoms with Gasteiger partial charge in [0.25, 0.3) is 5.56 Å². The van der Waals surface area contributed by atoms with E-state index in [1.54, 1.807) is 50.5 Å². The fraction of sp³-hybridized carbons (Fsp3) is 0.320. The molecule has 0 N–H and O–H groups in total. The van der Waals surface area contributed by atoms with Crippen molar-refractivity contribution in [3.05, 3.63) is 78.9 Å². The van der Waals surface area contributed by atoms with Crippen LogP contribution in [0.3, 0.4) is 0 Å². The van der Waals surface area contributed by atoms with Gasteiger partial charge < -0.3 is 18.6 Å². The molecular formula is C25H26N2O6S. The van der Waals surface area contributed by atoms with Gasteiger partial charge >= 0.3 is 5.97 Å². The van der Waals surface area contributed by atoms with Gasteiger partial charge in [-0.25, -0.2) is 9.79 Å². The van der Waals surface area contributed by atoms with Crippen molar-refractivity contribution in [1.29, 1.82) is 0 Å². The summed E-state index contributed by atoms with van der Waals surface area (Å²) in [5.74, 6) is 1.18. The Hall–Kier alpha value is -3.59. The molecule has 9 heteroatoms. The number of aromatic nitrogens is 1. The van der Waals surface area contributed by atoms with Gasteiger partial charge in [-0.1, -0.05) is 17.4 Å². The number of thiazole rings is 1. The third-order valence-corrected chi connectivity index (χ3v) is 6.20. The molecule has 0 saturated carbocycles. The monoisotopic (exact) mass is 482 g/mol. The van der Waals surface area contributed by atoms with Gasteiger partial charge in [0.2, 0.25) is 0 Å². The van der Waals surface area contributed by atoms with Crippen LogP contribution >= 0.6 is 11.3 Å². The summed E-state index contributed by atoms with van der Waals surface area (Å²) in [4.78, 5) is 31.6. The van der Waals surface area contributed by atoms with Crippen molar-refractivity contribution >= 4 is 23.4 Å². The van der Waals surface area contributed by atoms with E-state index in [1.165, 1.54) is 15.9 Å². The molecule has 1 atom stereocenters. The van der Waals surface area contributed by atoms with Crippen molar-refractivity contribution in [2.45, 2.75) is 33.7 Å². The second kappa shape index (κ2) is 10.1. The Bertz CT molecular complexity index is 1400. The summed E-state index contributed by atoms with van der Waals surface area (Å²) in [6.45, 7) is 8.40. The van der Waals surface area contributed by atoms with E-state index in [0.717, 1.165) is 0 Å². The van der Waals surface area contributed by atoms with Crippen LogP contribution in [0.15, 0.2) is 62.1 Å². The highest BCUT2D eigenvalue weighted by atomic mass is 32.1. The Morgan fingerprint density at radius 1 is 1.15 bits per heavy atom. The molecule has 0 fully saturated rings. The number of carbonyl (C=O) groups excluding carboxylic acids is 1. The van der Waals surface area contributed by atoms with Crippen molar-refractivity contribution in [3.63, 3.8) is 0 Å². The number of hydrogen-bond donors (Lipinski definition) is 0. The van der Waals surface area contributed by atoms with E-state index in [1.807, 2.05) is 19.9 Å². The smallest absolute Gasteiger partial charge is 0.338 e. The highest BCUT2D eigenvalue weighted by Crippen LogP contribution is 2.36. The second-order valence-electron chi connectivity index (χ2n) is 7.39. The van der Waals surface area contributed by atoms with E-state index in [4.69, 9.17) is 18.6 Å². The quantitative estimate of drug-likeness (QED) is 0.458. The maximum absolute atomic E-state index is 13.5.